The van der Waals surface area contributed by atoms with Gasteiger partial charge >= 0.3 is 6.09 Å². The van der Waals surface area contributed by atoms with E-state index in [0.717, 1.165) is 19.1 Å². The second-order valence-electron chi connectivity index (χ2n) is 5.92. The summed E-state index contributed by atoms with van der Waals surface area (Å²) in [5.74, 6) is 0. The Kier molecular flexibility index (Phi) is 5.20. The van der Waals surface area contributed by atoms with E-state index in [2.05, 4.69) is 4.72 Å². The maximum atomic E-state index is 12.0. The van der Waals surface area contributed by atoms with Crippen molar-refractivity contribution >= 4 is 16.1 Å². The van der Waals surface area contributed by atoms with E-state index >= 15 is 0 Å². The highest BCUT2D eigenvalue weighted by Crippen LogP contribution is 2.28. The minimum Gasteiger partial charge on any atom is -0.444 e. The van der Waals surface area contributed by atoms with Gasteiger partial charge in [0.05, 0.1) is 6.26 Å². The number of hydrogen-bond donors (Lipinski definition) is 1. The van der Waals surface area contributed by atoms with Gasteiger partial charge in [-0.2, -0.15) is 0 Å². The minimum absolute atomic E-state index is 0.257. The van der Waals surface area contributed by atoms with Gasteiger partial charge in [0.1, 0.15) is 5.60 Å². The summed E-state index contributed by atoms with van der Waals surface area (Å²) in [5, 5.41) is 0. The summed E-state index contributed by atoms with van der Waals surface area (Å²) in [5.41, 5.74) is -0.505. The second kappa shape index (κ2) is 6.09. The summed E-state index contributed by atoms with van der Waals surface area (Å²) in [4.78, 5) is 13.7. The van der Waals surface area contributed by atoms with E-state index in [-0.39, 0.29) is 12.1 Å². The third kappa shape index (κ3) is 7.37. The number of carbonyl (C=O) groups is 1. The fourth-order valence-electron chi connectivity index (χ4n) is 1.64. The van der Waals surface area contributed by atoms with Crippen LogP contribution in [-0.4, -0.2) is 50.4 Å². The molecular formula is C12H24N2O4S. The van der Waals surface area contributed by atoms with Crippen molar-refractivity contribution in [2.24, 2.45) is 0 Å². The van der Waals surface area contributed by atoms with E-state index in [0.29, 0.717) is 19.5 Å². The SMILES string of the molecule is CC(C)(C)OC(=O)N(CCCNS(C)(=O)=O)C1CC1. The van der Waals surface area contributed by atoms with Crippen LogP contribution in [0, 0.1) is 0 Å². The van der Waals surface area contributed by atoms with Gasteiger partial charge in [-0.15, -0.1) is 0 Å². The Labute approximate surface area is 115 Å². The number of hydrogen-bond acceptors (Lipinski definition) is 4. The number of carbonyl (C=O) groups excluding carboxylic acids is 1. The molecule has 0 aromatic rings. The second-order valence-corrected chi connectivity index (χ2v) is 7.76. The van der Waals surface area contributed by atoms with Gasteiger partial charge < -0.3 is 9.64 Å². The van der Waals surface area contributed by atoms with Crippen LogP contribution >= 0.6 is 0 Å². The van der Waals surface area contributed by atoms with Gasteiger partial charge in [0.25, 0.3) is 0 Å². The first-order valence-corrected chi connectivity index (χ1v) is 8.42. The largest absolute Gasteiger partial charge is 0.444 e. The van der Waals surface area contributed by atoms with E-state index < -0.39 is 15.6 Å². The van der Waals surface area contributed by atoms with Gasteiger partial charge in [-0.1, -0.05) is 0 Å². The molecule has 0 aromatic heterocycles. The Morgan fingerprint density at radius 2 is 1.95 bits per heavy atom. The van der Waals surface area contributed by atoms with Crippen molar-refractivity contribution < 1.29 is 17.9 Å². The summed E-state index contributed by atoms with van der Waals surface area (Å²) in [6.45, 7) is 6.36. The molecule has 6 nitrogen and oxygen atoms in total. The molecule has 1 rings (SSSR count). The van der Waals surface area contributed by atoms with Crippen molar-refractivity contribution in [1.82, 2.24) is 9.62 Å². The third-order valence-electron chi connectivity index (χ3n) is 2.56. The van der Waals surface area contributed by atoms with Crippen LogP contribution in [0.15, 0.2) is 0 Å². The Morgan fingerprint density at radius 3 is 2.37 bits per heavy atom. The van der Waals surface area contributed by atoms with Crippen molar-refractivity contribution in [3.8, 4) is 0 Å². The fraction of sp³-hybridized carbons (Fsp3) is 0.917. The maximum absolute atomic E-state index is 12.0. The van der Waals surface area contributed by atoms with Gasteiger partial charge in [-0.05, 0) is 40.0 Å². The average Bonchev–Trinajstić information content (AvgIpc) is 2.96. The fourth-order valence-corrected chi connectivity index (χ4v) is 2.15. The average molecular weight is 292 g/mol. The number of amides is 1. The summed E-state index contributed by atoms with van der Waals surface area (Å²) >= 11 is 0. The molecule has 0 spiro atoms. The number of ether oxygens (including phenoxy) is 1. The first kappa shape index (κ1) is 16.2. The Bertz CT molecular complexity index is 410. The lowest BCUT2D eigenvalue weighted by Gasteiger charge is -2.27. The molecule has 7 heteroatoms. The molecule has 0 aliphatic heterocycles. The third-order valence-corrected chi connectivity index (χ3v) is 3.28. The van der Waals surface area contributed by atoms with Gasteiger partial charge in [-0.3, -0.25) is 0 Å². The molecule has 1 aliphatic carbocycles. The van der Waals surface area contributed by atoms with Crippen LogP contribution in [0.4, 0.5) is 4.79 Å². The summed E-state index contributed by atoms with van der Waals surface area (Å²) in [6.07, 6.45) is 3.40. The van der Waals surface area contributed by atoms with Crippen LogP contribution in [0.2, 0.25) is 0 Å². The van der Waals surface area contributed by atoms with Crippen LogP contribution in [0.1, 0.15) is 40.0 Å². The number of nitrogens with zero attached hydrogens (tertiary/aromatic N) is 1. The summed E-state index contributed by atoms with van der Waals surface area (Å²) in [6, 6.07) is 0.257. The summed E-state index contributed by atoms with van der Waals surface area (Å²) in [7, 11) is -3.16. The molecule has 1 saturated carbocycles. The van der Waals surface area contributed by atoms with Crippen molar-refractivity contribution in [1.29, 1.82) is 0 Å². The van der Waals surface area contributed by atoms with Gasteiger partial charge in [0.2, 0.25) is 10.0 Å². The first-order valence-electron chi connectivity index (χ1n) is 6.53. The van der Waals surface area contributed by atoms with Crippen LogP contribution < -0.4 is 4.72 Å². The van der Waals surface area contributed by atoms with E-state index in [1.54, 1.807) is 4.90 Å². The lowest BCUT2D eigenvalue weighted by Crippen LogP contribution is -2.39. The Balaban J connectivity index is 2.39. The molecule has 0 aromatic carbocycles. The molecule has 1 N–H and O–H groups in total. The first-order chi connectivity index (χ1) is 8.58. The molecule has 0 saturated heterocycles. The van der Waals surface area contributed by atoms with Crippen LogP contribution in [-0.2, 0) is 14.8 Å². The molecule has 112 valence electrons. The molecule has 0 bridgehead atoms. The predicted molar refractivity (Wildman–Crippen MR) is 73.4 cm³/mol. The lowest BCUT2D eigenvalue weighted by molar-refractivity contribution is 0.0232. The Morgan fingerprint density at radius 1 is 1.37 bits per heavy atom. The van der Waals surface area contributed by atoms with Crippen molar-refractivity contribution in [2.75, 3.05) is 19.3 Å². The van der Waals surface area contributed by atoms with Gasteiger partial charge in [-0.25, -0.2) is 17.9 Å². The van der Waals surface area contributed by atoms with E-state index in [1.165, 1.54) is 0 Å². The molecule has 1 fully saturated rings. The monoisotopic (exact) mass is 292 g/mol. The topological polar surface area (TPSA) is 75.7 Å². The highest BCUT2D eigenvalue weighted by molar-refractivity contribution is 7.88. The Hall–Kier alpha value is -0.820. The van der Waals surface area contributed by atoms with Gasteiger partial charge in [0, 0.05) is 19.1 Å². The van der Waals surface area contributed by atoms with Crippen LogP contribution in [0.5, 0.6) is 0 Å². The standard InChI is InChI=1S/C12H24N2O4S/c1-12(2,3)18-11(15)14(10-6-7-10)9-5-8-13-19(4,16)17/h10,13H,5-9H2,1-4H3. The van der Waals surface area contributed by atoms with Crippen LogP contribution in [0.3, 0.4) is 0 Å². The van der Waals surface area contributed by atoms with Crippen LogP contribution in [0.25, 0.3) is 0 Å². The molecule has 0 heterocycles. The molecule has 0 unspecified atom stereocenters. The lowest BCUT2D eigenvalue weighted by atomic mass is 10.2. The van der Waals surface area contributed by atoms with Crippen molar-refractivity contribution in [3.63, 3.8) is 0 Å². The number of nitrogens with one attached hydrogen (secondary N) is 1. The number of rotatable bonds is 6. The van der Waals surface area contributed by atoms with E-state index in [4.69, 9.17) is 4.74 Å². The van der Waals surface area contributed by atoms with Crippen molar-refractivity contribution in [3.05, 3.63) is 0 Å². The zero-order valence-corrected chi connectivity index (χ0v) is 12.9. The van der Waals surface area contributed by atoms with E-state index in [9.17, 15) is 13.2 Å². The highest BCUT2D eigenvalue weighted by Gasteiger charge is 2.34. The molecule has 0 atom stereocenters. The zero-order valence-electron chi connectivity index (χ0n) is 12.1. The quantitative estimate of drug-likeness (QED) is 0.749. The minimum atomic E-state index is -3.16. The molecule has 0 radical (unpaired) electrons. The molecule has 1 amide bonds. The van der Waals surface area contributed by atoms with Gasteiger partial charge in [0.15, 0.2) is 0 Å². The predicted octanol–water partition coefficient (Wildman–Crippen LogP) is 1.33. The van der Waals surface area contributed by atoms with Crippen molar-refractivity contribution in [2.45, 2.75) is 51.7 Å². The molecular weight excluding hydrogens is 268 g/mol. The maximum Gasteiger partial charge on any atom is 0.410 e. The number of sulfonamides is 1. The smallest absolute Gasteiger partial charge is 0.410 e. The summed E-state index contributed by atoms with van der Waals surface area (Å²) < 4.78 is 29.6. The zero-order chi connectivity index (χ0) is 14.7. The normalized spacial score (nSPS) is 16.2. The van der Waals surface area contributed by atoms with E-state index in [1.807, 2.05) is 20.8 Å². The highest BCUT2D eigenvalue weighted by atomic mass is 32.2. The molecule has 1 aliphatic rings. The molecule has 19 heavy (non-hydrogen) atoms.